The van der Waals surface area contributed by atoms with Crippen LogP contribution in [-0.4, -0.2) is 20.6 Å². The van der Waals surface area contributed by atoms with Crippen LogP contribution >= 0.6 is 11.6 Å². The minimum absolute atomic E-state index is 0.228. The third-order valence-corrected chi connectivity index (χ3v) is 5.07. The van der Waals surface area contributed by atoms with Crippen molar-refractivity contribution in [3.63, 3.8) is 0 Å². The molecule has 0 amide bonds. The Kier molecular flexibility index (Phi) is 5.15. The Hall–Kier alpha value is -3.07. The summed E-state index contributed by atoms with van der Waals surface area (Å²) in [5.41, 5.74) is 1.22. The van der Waals surface area contributed by atoms with Crippen LogP contribution in [0.4, 0.5) is 18.9 Å². The van der Waals surface area contributed by atoms with E-state index in [2.05, 4.69) is 25.9 Å². The topological polar surface area (TPSA) is 79.6 Å². The Bertz CT molecular complexity index is 1190. The van der Waals surface area contributed by atoms with Crippen molar-refractivity contribution < 1.29 is 17.6 Å². The van der Waals surface area contributed by atoms with Crippen molar-refractivity contribution in [3.8, 4) is 11.6 Å². The molecule has 0 spiro atoms. The largest absolute Gasteiger partial charge is 0.453 e. The summed E-state index contributed by atoms with van der Waals surface area (Å²) in [4.78, 5) is 0. The molecule has 0 aliphatic heterocycles. The summed E-state index contributed by atoms with van der Waals surface area (Å²) in [5.74, 6) is 0.505. The molecule has 4 rings (SSSR count). The predicted molar refractivity (Wildman–Crippen MR) is 107 cm³/mol. The van der Waals surface area contributed by atoms with Crippen molar-refractivity contribution in [2.75, 3.05) is 5.32 Å². The standard InChI is InChI=1S/C20H17ClF3N5O/c1-10(2)14-4-3-13(8-15(14)20(22,23)24)25-9-12-7-17-11(5-16(12)21)6-18(30-17)19-26-28-29-27-19/h3-8,10,25H,9H2,1-2H3,(H,26,27,28,29). The van der Waals surface area contributed by atoms with E-state index in [1.54, 1.807) is 38.1 Å². The third kappa shape index (κ3) is 3.97. The van der Waals surface area contributed by atoms with Crippen LogP contribution in [0.2, 0.25) is 5.02 Å². The highest BCUT2D eigenvalue weighted by Gasteiger charge is 2.34. The Morgan fingerprint density at radius 1 is 1.17 bits per heavy atom. The number of halogens is 4. The molecule has 4 aromatic rings. The van der Waals surface area contributed by atoms with Gasteiger partial charge in [0, 0.05) is 22.6 Å². The number of fused-ring (bicyclic) bond motifs is 1. The van der Waals surface area contributed by atoms with Gasteiger partial charge in [-0.15, -0.1) is 10.2 Å². The smallest absolute Gasteiger partial charge is 0.416 e. The maximum atomic E-state index is 13.4. The number of benzene rings is 2. The molecule has 0 saturated heterocycles. The molecule has 0 bridgehead atoms. The predicted octanol–water partition coefficient (Wildman–Crippen LogP) is 6.02. The zero-order chi connectivity index (χ0) is 21.5. The summed E-state index contributed by atoms with van der Waals surface area (Å²) in [6.07, 6.45) is -4.42. The third-order valence-electron chi connectivity index (χ3n) is 4.71. The van der Waals surface area contributed by atoms with E-state index >= 15 is 0 Å². The van der Waals surface area contributed by atoms with E-state index in [-0.39, 0.29) is 18.0 Å². The van der Waals surface area contributed by atoms with E-state index < -0.39 is 11.7 Å². The normalized spacial score (nSPS) is 12.1. The van der Waals surface area contributed by atoms with Gasteiger partial charge < -0.3 is 9.73 Å². The molecule has 0 unspecified atom stereocenters. The lowest BCUT2D eigenvalue weighted by molar-refractivity contribution is -0.138. The number of tetrazole rings is 1. The maximum Gasteiger partial charge on any atom is 0.416 e. The van der Waals surface area contributed by atoms with Crippen LogP contribution < -0.4 is 5.32 Å². The fourth-order valence-electron chi connectivity index (χ4n) is 3.23. The maximum absolute atomic E-state index is 13.4. The Morgan fingerprint density at radius 3 is 2.63 bits per heavy atom. The zero-order valence-corrected chi connectivity index (χ0v) is 16.8. The summed E-state index contributed by atoms with van der Waals surface area (Å²) < 4.78 is 46.0. The van der Waals surface area contributed by atoms with Gasteiger partial charge in [0.2, 0.25) is 5.82 Å². The van der Waals surface area contributed by atoms with Crippen LogP contribution in [-0.2, 0) is 12.7 Å². The van der Waals surface area contributed by atoms with E-state index in [1.165, 1.54) is 6.07 Å². The van der Waals surface area contributed by atoms with Crippen molar-refractivity contribution >= 4 is 28.3 Å². The fraction of sp³-hybridized carbons (Fsp3) is 0.250. The van der Waals surface area contributed by atoms with Gasteiger partial charge in [0.25, 0.3) is 0 Å². The van der Waals surface area contributed by atoms with Crippen molar-refractivity contribution in [1.29, 1.82) is 0 Å². The number of alkyl halides is 3. The fourth-order valence-corrected chi connectivity index (χ4v) is 3.46. The summed E-state index contributed by atoms with van der Waals surface area (Å²) in [6, 6.07) is 9.47. The van der Waals surface area contributed by atoms with Gasteiger partial charge in [-0.1, -0.05) is 31.5 Å². The van der Waals surface area contributed by atoms with Gasteiger partial charge in [0.15, 0.2) is 5.76 Å². The summed E-state index contributed by atoms with van der Waals surface area (Å²) >= 11 is 6.36. The van der Waals surface area contributed by atoms with Gasteiger partial charge in [0.05, 0.1) is 5.56 Å². The number of nitrogens with zero attached hydrogens (tertiary/aromatic N) is 3. The van der Waals surface area contributed by atoms with Crippen LogP contribution in [0.1, 0.15) is 36.5 Å². The number of aromatic nitrogens is 4. The average molecular weight is 436 g/mol. The molecule has 0 aliphatic rings. The number of hydrogen-bond acceptors (Lipinski definition) is 5. The van der Waals surface area contributed by atoms with Gasteiger partial charge in [-0.2, -0.15) is 18.4 Å². The lowest BCUT2D eigenvalue weighted by atomic mass is 9.96. The van der Waals surface area contributed by atoms with E-state index in [1.807, 2.05) is 0 Å². The van der Waals surface area contributed by atoms with Gasteiger partial charge >= 0.3 is 6.18 Å². The number of H-pyrrole nitrogens is 1. The number of hydrogen-bond donors (Lipinski definition) is 2. The van der Waals surface area contributed by atoms with Crippen LogP contribution in [0.3, 0.4) is 0 Å². The molecule has 6 nitrogen and oxygen atoms in total. The van der Waals surface area contributed by atoms with E-state index in [0.29, 0.717) is 33.4 Å². The molecule has 0 saturated carbocycles. The second-order valence-corrected chi connectivity index (χ2v) is 7.54. The van der Waals surface area contributed by atoms with Crippen molar-refractivity contribution in [2.45, 2.75) is 32.5 Å². The Balaban J connectivity index is 1.59. The number of anilines is 1. The molecule has 2 N–H and O–H groups in total. The molecule has 2 heterocycles. The second-order valence-electron chi connectivity index (χ2n) is 7.14. The number of rotatable bonds is 5. The minimum Gasteiger partial charge on any atom is -0.453 e. The van der Waals surface area contributed by atoms with Crippen molar-refractivity contribution in [1.82, 2.24) is 20.6 Å². The quantitative estimate of drug-likeness (QED) is 0.400. The molecular weight excluding hydrogens is 419 g/mol. The lowest BCUT2D eigenvalue weighted by Crippen LogP contribution is -2.11. The molecule has 0 radical (unpaired) electrons. The van der Waals surface area contributed by atoms with Crippen LogP contribution in [0.25, 0.3) is 22.6 Å². The second kappa shape index (κ2) is 7.64. The molecule has 0 atom stereocenters. The van der Waals surface area contributed by atoms with Gasteiger partial charge in [-0.25, -0.2) is 0 Å². The van der Waals surface area contributed by atoms with Crippen LogP contribution in [0.5, 0.6) is 0 Å². The summed E-state index contributed by atoms with van der Waals surface area (Å²) in [7, 11) is 0. The van der Waals surface area contributed by atoms with E-state index in [9.17, 15) is 13.2 Å². The molecule has 10 heteroatoms. The first-order valence-corrected chi connectivity index (χ1v) is 9.51. The van der Waals surface area contributed by atoms with E-state index in [4.69, 9.17) is 16.0 Å². The molecule has 0 fully saturated rings. The number of furan rings is 1. The average Bonchev–Trinajstić information content (AvgIpc) is 3.34. The van der Waals surface area contributed by atoms with Gasteiger partial charge in [-0.3, -0.25) is 0 Å². The van der Waals surface area contributed by atoms with Gasteiger partial charge in [0.1, 0.15) is 5.58 Å². The lowest BCUT2D eigenvalue weighted by Gasteiger charge is -2.17. The van der Waals surface area contributed by atoms with Crippen LogP contribution in [0.15, 0.2) is 40.8 Å². The first-order chi connectivity index (χ1) is 14.2. The molecule has 2 aromatic carbocycles. The number of nitrogens with one attached hydrogen (secondary N) is 2. The van der Waals surface area contributed by atoms with Crippen LogP contribution in [0, 0.1) is 0 Å². The summed E-state index contributed by atoms with van der Waals surface area (Å²) in [6.45, 7) is 3.70. The van der Waals surface area contributed by atoms with Crippen molar-refractivity contribution in [2.24, 2.45) is 0 Å². The van der Waals surface area contributed by atoms with Gasteiger partial charge in [-0.05, 0) is 52.6 Å². The Labute approximate surface area is 174 Å². The first-order valence-electron chi connectivity index (χ1n) is 9.13. The highest BCUT2D eigenvalue weighted by Crippen LogP contribution is 2.37. The molecule has 2 aromatic heterocycles. The Morgan fingerprint density at radius 2 is 1.97 bits per heavy atom. The number of aromatic amines is 1. The van der Waals surface area contributed by atoms with E-state index in [0.717, 1.165) is 11.5 Å². The SMILES string of the molecule is CC(C)c1ccc(NCc2cc3oc(-c4nn[nH]n4)cc3cc2Cl)cc1C(F)(F)F. The summed E-state index contributed by atoms with van der Waals surface area (Å²) in [5, 5.41) is 17.8. The highest BCUT2D eigenvalue weighted by atomic mass is 35.5. The molecule has 0 aliphatic carbocycles. The van der Waals surface area contributed by atoms with Crippen molar-refractivity contribution in [3.05, 3.63) is 58.1 Å². The zero-order valence-electron chi connectivity index (χ0n) is 16.0. The highest BCUT2D eigenvalue weighted by molar-refractivity contribution is 6.32. The molecule has 156 valence electrons. The first kappa shape index (κ1) is 20.2. The minimum atomic E-state index is -4.42. The monoisotopic (exact) mass is 435 g/mol. The molecule has 30 heavy (non-hydrogen) atoms. The molecular formula is C20H17ClF3N5O.